The molecule has 0 radical (unpaired) electrons. The Hall–Kier alpha value is -1.10. The Labute approximate surface area is 100 Å². The van der Waals surface area contributed by atoms with E-state index in [0.29, 0.717) is 0 Å². The van der Waals surface area contributed by atoms with Crippen LogP contribution >= 0.6 is 7.60 Å². The number of carbonyl (C=O) groups excluding carboxylic acids is 1. The van der Waals surface area contributed by atoms with Gasteiger partial charge in [-0.15, -0.1) is 0 Å². The average Bonchev–Trinajstić information content (AvgIpc) is 2.80. The summed E-state index contributed by atoms with van der Waals surface area (Å²) in [5.74, 6) is 0. The van der Waals surface area contributed by atoms with Crippen molar-refractivity contribution in [3.63, 3.8) is 0 Å². The van der Waals surface area contributed by atoms with Crippen LogP contribution in [-0.2, 0) is 18.3 Å². The lowest BCUT2D eigenvalue weighted by Gasteiger charge is -2.16. The van der Waals surface area contributed by atoms with Gasteiger partial charge in [-0.3, -0.25) is 9.13 Å². The molecule has 0 saturated heterocycles. The first kappa shape index (κ1) is 14.0. The van der Waals surface area contributed by atoms with E-state index in [1.165, 1.54) is 17.0 Å². The molecular formula is C10H16NO5P. The first-order valence-corrected chi connectivity index (χ1v) is 7.02. The Bertz CT molecular complexity index is 379. The molecule has 1 rings (SSSR count). The lowest BCUT2D eigenvalue weighted by molar-refractivity contribution is 0.143. The van der Waals surface area contributed by atoms with Gasteiger partial charge in [-0.2, -0.15) is 0 Å². The van der Waals surface area contributed by atoms with Crippen LogP contribution in [0.25, 0.3) is 0 Å². The second-order valence-electron chi connectivity index (χ2n) is 3.08. The van der Waals surface area contributed by atoms with Crippen LogP contribution in [0.4, 0.5) is 4.79 Å². The van der Waals surface area contributed by atoms with Gasteiger partial charge in [-0.05, 0) is 26.0 Å². The van der Waals surface area contributed by atoms with E-state index in [9.17, 15) is 9.36 Å². The van der Waals surface area contributed by atoms with Gasteiger partial charge >= 0.3 is 13.7 Å². The summed E-state index contributed by atoms with van der Waals surface area (Å²) in [7, 11) is -3.33. The molecule has 7 heteroatoms. The van der Waals surface area contributed by atoms with Crippen LogP contribution in [0.3, 0.4) is 0 Å². The molecule has 0 aromatic carbocycles. The largest absolute Gasteiger partial charge is 0.436 e. The highest BCUT2D eigenvalue weighted by Gasteiger charge is 2.26. The van der Waals surface area contributed by atoms with E-state index in [1.54, 1.807) is 26.0 Å². The number of hydrogen-bond acceptors (Lipinski definition) is 5. The number of hydrogen-bond donors (Lipinski definition) is 0. The SMILES string of the molecule is CCOP(=O)(COC(=O)n1cccc1)OCC. The molecule has 0 unspecified atom stereocenters. The van der Waals surface area contributed by atoms with Crippen molar-refractivity contribution in [1.82, 2.24) is 4.57 Å². The normalized spacial score (nSPS) is 11.4. The highest BCUT2D eigenvalue weighted by molar-refractivity contribution is 7.53. The predicted molar refractivity (Wildman–Crippen MR) is 62.0 cm³/mol. The lowest BCUT2D eigenvalue weighted by atomic mass is 10.7. The molecule has 0 bridgehead atoms. The van der Waals surface area contributed by atoms with Crippen LogP contribution in [0.15, 0.2) is 24.5 Å². The van der Waals surface area contributed by atoms with Gasteiger partial charge in [-0.25, -0.2) is 4.79 Å². The Morgan fingerprint density at radius 1 is 1.18 bits per heavy atom. The van der Waals surface area contributed by atoms with Crippen LogP contribution in [0, 0.1) is 0 Å². The summed E-state index contributed by atoms with van der Waals surface area (Å²) in [5, 5.41) is 0. The van der Waals surface area contributed by atoms with E-state index in [1.807, 2.05) is 0 Å². The fourth-order valence-corrected chi connectivity index (χ4v) is 2.45. The smallest absolute Gasteiger partial charge is 0.418 e. The first-order valence-electron chi connectivity index (χ1n) is 5.29. The van der Waals surface area contributed by atoms with E-state index >= 15 is 0 Å². The summed E-state index contributed by atoms with van der Waals surface area (Å²) >= 11 is 0. The van der Waals surface area contributed by atoms with Crippen LogP contribution in [-0.4, -0.2) is 30.2 Å². The van der Waals surface area contributed by atoms with E-state index in [4.69, 9.17) is 13.8 Å². The fourth-order valence-electron chi connectivity index (χ4n) is 1.17. The van der Waals surface area contributed by atoms with Gasteiger partial charge in [-0.1, -0.05) is 0 Å². The van der Waals surface area contributed by atoms with Crippen molar-refractivity contribution in [2.24, 2.45) is 0 Å². The summed E-state index contributed by atoms with van der Waals surface area (Å²) < 4.78 is 28.0. The fraction of sp³-hybridized carbons (Fsp3) is 0.500. The zero-order valence-electron chi connectivity index (χ0n) is 9.87. The molecule has 0 aliphatic carbocycles. The summed E-state index contributed by atoms with van der Waals surface area (Å²) in [6.07, 6.45) is 2.07. The maximum absolute atomic E-state index is 12.0. The van der Waals surface area contributed by atoms with Crippen molar-refractivity contribution in [3.05, 3.63) is 24.5 Å². The minimum Gasteiger partial charge on any atom is -0.436 e. The summed E-state index contributed by atoms with van der Waals surface area (Å²) in [6.45, 7) is 3.86. The Kier molecular flexibility index (Phi) is 5.41. The molecule has 1 aromatic rings. The standard InChI is InChI=1S/C10H16NO5P/c1-3-15-17(13,16-4-2)9-14-10(12)11-7-5-6-8-11/h5-8H,3-4,9H2,1-2H3. The zero-order valence-corrected chi connectivity index (χ0v) is 10.8. The minimum atomic E-state index is -3.33. The first-order chi connectivity index (χ1) is 8.11. The summed E-state index contributed by atoms with van der Waals surface area (Å²) in [4.78, 5) is 11.5. The number of rotatable bonds is 6. The molecule has 1 aromatic heterocycles. The van der Waals surface area contributed by atoms with Crippen LogP contribution in [0.1, 0.15) is 13.8 Å². The molecule has 6 nitrogen and oxygen atoms in total. The molecule has 0 spiro atoms. The molecule has 17 heavy (non-hydrogen) atoms. The number of nitrogens with zero attached hydrogens (tertiary/aromatic N) is 1. The van der Waals surface area contributed by atoms with Gasteiger partial charge in [0.15, 0.2) is 6.35 Å². The molecule has 0 N–H and O–H groups in total. The third-order valence-electron chi connectivity index (χ3n) is 1.81. The maximum atomic E-state index is 12.0. The minimum absolute atomic E-state index is 0.234. The maximum Gasteiger partial charge on any atom is 0.418 e. The quantitative estimate of drug-likeness (QED) is 0.736. The van der Waals surface area contributed by atoms with Crippen molar-refractivity contribution in [3.8, 4) is 0 Å². The van der Waals surface area contributed by atoms with Crippen molar-refractivity contribution >= 4 is 13.7 Å². The Morgan fingerprint density at radius 3 is 2.18 bits per heavy atom. The van der Waals surface area contributed by atoms with Crippen molar-refractivity contribution in [2.45, 2.75) is 13.8 Å². The lowest BCUT2D eigenvalue weighted by Crippen LogP contribution is -2.14. The van der Waals surface area contributed by atoms with Crippen molar-refractivity contribution in [2.75, 3.05) is 19.6 Å². The van der Waals surface area contributed by atoms with Gasteiger partial charge < -0.3 is 13.8 Å². The molecular weight excluding hydrogens is 245 g/mol. The number of carbonyl (C=O) groups is 1. The van der Waals surface area contributed by atoms with Crippen molar-refractivity contribution in [1.29, 1.82) is 0 Å². The molecule has 96 valence electrons. The number of ether oxygens (including phenoxy) is 1. The third-order valence-corrected chi connectivity index (χ3v) is 3.56. The highest BCUT2D eigenvalue weighted by Crippen LogP contribution is 2.47. The van der Waals surface area contributed by atoms with Gasteiger partial charge in [0.25, 0.3) is 0 Å². The van der Waals surface area contributed by atoms with E-state index in [-0.39, 0.29) is 19.6 Å². The van der Waals surface area contributed by atoms with Crippen LogP contribution in [0.2, 0.25) is 0 Å². The van der Waals surface area contributed by atoms with Gasteiger partial charge in [0, 0.05) is 12.4 Å². The monoisotopic (exact) mass is 261 g/mol. The van der Waals surface area contributed by atoms with Gasteiger partial charge in [0.2, 0.25) is 0 Å². The topological polar surface area (TPSA) is 66.8 Å². The Morgan fingerprint density at radius 2 is 1.71 bits per heavy atom. The van der Waals surface area contributed by atoms with Crippen LogP contribution in [0.5, 0.6) is 0 Å². The molecule has 0 saturated carbocycles. The average molecular weight is 261 g/mol. The third kappa shape index (κ3) is 4.34. The second kappa shape index (κ2) is 6.59. The zero-order chi connectivity index (χ0) is 12.7. The summed E-state index contributed by atoms with van der Waals surface area (Å²) in [5.41, 5.74) is 0. The molecule has 0 fully saturated rings. The summed E-state index contributed by atoms with van der Waals surface area (Å²) in [6, 6.07) is 3.37. The Balaban J connectivity index is 2.52. The second-order valence-corrected chi connectivity index (χ2v) is 5.07. The molecule has 0 atom stereocenters. The predicted octanol–water partition coefficient (Wildman–Crippen LogP) is 2.70. The molecule has 0 amide bonds. The van der Waals surface area contributed by atoms with Crippen LogP contribution < -0.4 is 0 Å². The molecule has 0 aliphatic heterocycles. The number of aromatic nitrogens is 1. The van der Waals surface area contributed by atoms with Crippen molar-refractivity contribution < 1.29 is 23.1 Å². The van der Waals surface area contributed by atoms with E-state index in [2.05, 4.69) is 0 Å². The molecule has 1 heterocycles. The van der Waals surface area contributed by atoms with E-state index < -0.39 is 13.7 Å². The van der Waals surface area contributed by atoms with Gasteiger partial charge in [0.05, 0.1) is 13.2 Å². The van der Waals surface area contributed by atoms with E-state index in [0.717, 1.165) is 0 Å². The highest BCUT2D eigenvalue weighted by atomic mass is 31.2. The van der Waals surface area contributed by atoms with Gasteiger partial charge in [0.1, 0.15) is 0 Å². The molecule has 0 aliphatic rings.